The molecule has 22 heavy (non-hydrogen) atoms. The van der Waals surface area contributed by atoms with Crippen LogP contribution in [0.3, 0.4) is 0 Å². The summed E-state index contributed by atoms with van der Waals surface area (Å²) in [6.07, 6.45) is 1.52. The fourth-order valence-corrected chi connectivity index (χ4v) is 3.08. The Morgan fingerprint density at radius 2 is 1.68 bits per heavy atom. The monoisotopic (exact) mass is 312 g/mol. The second kappa shape index (κ2) is 5.61. The Bertz CT molecular complexity index is 1000. The molecular weight excluding hydrogens is 300 g/mol. The van der Waals surface area contributed by atoms with Crippen molar-refractivity contribution in [3.8, 4) is 0 Å². The van der Waals surface area contributed by atoms with Gasteiger partial charge in [0.15, 0.2) is 9.84 Å². The van der Waals surface area contributed by atoms with Crippen LogP contribution in [0.25, 0.3) is 17.0 Å². The molecule has 3 aromatic rings. The van der Waals surface area contributed by atoms with Gasteiger partial charge in [0.25, 0.3) is 0 Å². The fraction of sp³-hybridized carbons (Fsp3) is 0. The molecule has 0 unspecified atom stereocenters. The van der Waals surface area contributed by atoms with Gasteiger partial charge in [0.2, 0.25) is 0 Å². The van der Waals surface area contributed by atoms with Crippen molar-refractivity contribution in [2.75, 3.05) is 0 Å². The summed E-state index contributed by atoms with van der Waals surface area (Å²) in [5.74, 6) is 0. The summed E-state index contributed by atoms with van der Waals surface area (Å²) in [6.45, 7) is 0. The summed E-state index contributed by atoms with van der Waals surface area (Å²) in [4.78, 5) is 11.4. The third-order valence-corrected chi connectivity index (χ3v) is 4.58. The van der Waals surface area contributed by atoms with Gasteiger partial charge in [-0.2, -0.15) is 0 Å². The molecule has 0 amide bonds. The van der Waals surface area contributed by atoms with E-state index in [9.17, 15) is 13.2 Å². The normalized spacial score (nSPS) is 12.0. The highest BCUT2D eigenvalue weighted by Crippen LogP contribution is 2.17. The molecule has 0 aliphatic carbocycles. The highest BCUT2D eigenvalue weighted by atomic mass is 32.2. The lowest BCUT2D eigenvalue weighted by Gasteiger charge is -2.00. The largest absolute Gasteiger partial charge is 0.423 e. The van der Waals surface area contributed by atoms with Crippen LogP contribution in [-0.4, -0.2) is 8.42 Å². The smallest absolute Gasteiger partial charge is 0.336 e. The molecule has 0 saturated carbocycles. The maximum absolute atomic E-state index is 12.2. The number of benzene rings is 2. The lowest BCUT2D eigenvalue weighted by Crippen LogP contribution is -1.95. The molecule has 2 aromatic carbocycles. The predicted octanol–water partition coefficient (Wildman–Crippen LogP) is 3.24. The van der Waals surface area contributed by atoms with Gasteiger partial charge >= 0.3 is 5.63 Å². The molecule has 4 nitrogen and oxygen atoms in total. The van der Waals surface area contributed by atoms with Crippen molar-refractivity contribution in [3.63, 3.8) is 0 Å². The molecule has 0 spiro atoms. The first-order valence-electron chi connectivity index (χ1n) is 6.57. The van der Waals surface area contributed by atoms with Gasteiger partial charge in [0, 0.05) is 16.9 Å². The maximum atomic E-state index is 12.2. The minimum absolute atomic E-state index is 0.248. The van der Waals surface area contributed by atoms with Crippen LogP contribution in [0.5, 0.6) is 0 Å². The van der Waals surface area contributed by atoms with Gasteiger partial charge in [0.1, 0.15) is 5.58 Å². The Morgan fingerprint density at radius 1 is 0.909 bits per heavy atom. The lowest BCUT2D eigenvalue weighted by molar-refractivity contribution is 0.561. The van der Waals surface area contributed by atoms with Gasteiger partial charge in [0.05, 0.1) is 4.90 Å². The molecule has 3 rings (SSSR count). The number of hydrogen-bond donors (Lipinski definition) is 0. The van der Waals surface area contributed by atoms with Gasteiger partial charge in [-0.25, -0.2) is 13.2 Å². The van der Waals surface area contributed by atoms with E-state index in [2.05, 4.69) is 0 Å². The molecule has 5 heteroatoms. The van der Waals surface area contributed by atoms with Gasteiger partial charge in [-0.05, 0) is 42.0 Å². The summed E-state index contributed by atoms with van der Waals surface area (Å²) in [5.41, 5.74) is 0.763. The minimum Gasteiger partial charge on any atom is -0.423 e. The lowest BCUT2D eigenvalue weighted by atomic mass is 10.1. The van der Waals surface area contributed by atoms with Crippen LogP contribution in [0.4, 0.5) is 0 Å². The zero-order valence-electron chi connectivity index (χ0n) is 11.5. The van der Waals surface area contributed by atoms with Crippen LogP contribution in [0.1, 0.15) is 5.56 Å². The zero-order chi connectivity index (χ0) is 15.6. The van der Waals surface area contributed by atoms with E-state index in [1.54, 1.807) is 54.6 Å². The zero-order valence-corrected chi connectivity index (χ0v) is 12.3. The Balaban J connectivity index is 1.96. The van der Waals surface area contributed by atoms with Crippen LogP contribution in [0.15, 0.2) is 80.2 Å². The van der Waals surface area contributed by atoms with Gasteiger partial charge in [-0.15, -0.1) is 0 Å². The number of hydrogen-bond acceptors (Lipinski definition) is 4. The first kappa shape index (κ1) is 14.3. The molecule has 1 heterocycles. The van der Waals surface area contributed by atoms with Crippen LogP contribution in [0, 0.1) is 0 Å². The number of fused-ring (bicyclic) bond motifs is 1. The van der Waals surface area contributed by atoms with E-state index >= 15 is 0 Å². The molecule has 0 fully saturated rings. The molecule has 0 radical (unpaired) electrons. The summed E-state index contributed by atoms with van der Waals surface area (Å²) >= 11 is 0. The highest BCUT2D eigenvalue weighted by molar-refractivity contribution is 7.94. The quantitative estimate of drug-likeness (QED) is 0.696. The standard InChI is InChI=1S/C17H12O4S/c18-17-9-7-14-12-13(6-8-16(14)21-17)10-11-22(19,20)15-4-2-1-3-5-15/h1-12H. The molecule has 0 aliphatic heterocycles. The molecular formula is C17H12O4S. The Hall–Kier alpha value is -2.66. The van der Waals surface area contributed by atoms with Crippen LogP contribution in [-0.2, 0) is 9.84 Å². The van der Waals surface area contributed by atoms with E-state index in [1.165, 1.54) is 17.6 Å². The summed E-state index contributed by atoms with van der Waals surface area (Å²) in [6, 6.07) is 16.3. The fourth-order valence-electron chi connectivity index (χ4n) is 2.05. The Morgan fingerprint density at radius 3 is 2.45 bits per heavy atom. The highest BCUT2D eigenvalue weighted by Gasteiger charge is 2.08. The van der Waals surface area contributed by atoms with Crippen LogP contribution in [0.2, 0.25) is 0 Å². The van der Waals surface area contributed by atoms with Crippen molar-refractivity contribution in [2.24, 2.45) is 0 Å². The molecule has 0 N–H and O–H groups in total. The second-order valence-corrected chi connectivity index (χ2v) is 6.55. The van der Waals surface area contributed by atoms with Gasteiger partial charge in [-0.3, -0.25) is 0 Å². The van der Waals surface area contributed by atoms with E-state index < -0.39 is 15.5 Å². The van der Waals surface area contributed by atoms with Crippen LogP contribution < -0.4 is 5.63 Å². The van der Waals surface area contributed by atoms with E-state index in [1.807, 2.05) is 0 Å². The van der Waals surface area contributed by atoms with Gasteiger partial charge in [-0.1, -0.05) is 24.3 Å². The van der Waals surface area contributed by atoms with Crippen LogP contribution >= 0.6 is 0 Å². The molecule has 110 valence electrons. The third-order valence-electron chi connectivity index (χ3n) is 3.15. The summed E-state index contributed by atoms with van der Waals surface area (Å²) in [5, 5.41) is 1.90. The molecule has 0 atom stereocenters. The van der Waals surface area contributed by atoms with Crippen molar-refractivity contribution < 1.29 is 12.8 Å². The van der Waals surface area contributed by atoms with Crippen molar-refractivity contribution in [2.45, 2.75) is 4.90 Å². The SMILES string of the molecule is O=c1ccc2cc(C=CS(=O)(=O)c3ccccc3)ccc2o1. The third kappa shape index (κ3) is 2.99. The van der Waals surface area contributed by atoms with Crippen molar-refractivity contribution in [1.29, 1.82) is 0 Å². The Labute approximate surface area is 127 Å². The van der Waals surface area contributed by atoms with Gasteiger partial charge < -0.3 is 4.42 Å². The summed E-state index contributed by atoms with van der Waals surface area (Å²) < 4.78 is 29.4. The maximum Gasteiger partial charge on any atom is 0.336 e. The van der Waals surface area contributed by atoms with E-state index in [4.69, 9.17) is 4.42 Å². The minimum atomic E-state index is -3.47. The van der Waals surface area contributed by atoms with Crippen molar-refractivity contribution in [1.82, 2.24) is 0 Å². The predicted molar refractivity (Wildman–Crippen MR) is 85.1 cm³/mol. The topological polar surface area (TPSA) is 64.3 Å². The van der Waals surface area contributed by atoms with Crippen molar-refractivity contribution in [3.05, 3.63) is 82.1 Å². The molecule has 0 saturated heterocycles. The first-order valence-corrected chi connectivity index (χ1v) is 8.11. The average molecular weight is 312 g/mol. The number of rotatable bonds is 3. The first-order chi connectivity index (χ1) is 10.5. The Kier molecular flexibility index (Phi) is 3.65. The van der Waals surface area contributed by atoms with E-state index in [0.29, 0.717) is 11.1 Å². The second-order valence-electron chi connectivity index (χ2n) is 4.71. The number of sulfone groups is 1. The van der Waals surface area contributed by atoms with Crippen molar-refractivity contribution >= 4 is 26.9 Å². The van der Waals surface area contributed by atoms with E-state index in [0.717, 1.165) is 5.39 Å². The van der Waals surface area contributed by atoms with E-state index in [-0.39, 0.29) is 4.90 Å². The average Bonchev–Trinajstić information content (AvgIpc) is 2.54. The summed E-state index contributed by atoms with van der Waals surface area (Å²) in [7, 11) is -3.47. The molecule has 0 bridgehead atoms. The molecule has 1 aromatic heterocycles. The molecule has 0 aliphatic rings.